The summed E-state index contributed by atoms with van der Waals surface area (Å²) in [7, 11) is 0. The number of rotatable bonds is 6. The van der Waals surface area contributed by atoms with Gasteiger partial charge in [-0.1, -0.05) is 18.2 Å². The van der Waals surface area contributed by atoms with Crippen LogP contribution in [0.1, 0.15) is 39.9 Å². The Hall–Kier alpha value is -3.74. The maximum Gasteiger partial charge on any atom is 0.258 e. The number of hydrogen-bond donors (Lipinski definition) is 3. The molecule has 0 saturated carbocycles. The average molecular weight is 447 g/mol. The van der Waals surface area contributed by atoms with Crippen LogP contribution in [0.5, 0.6) is 0 Å². The van der Waals surface area contributed by atoms with Gasteiger partial charge in [-0.15, -0.1) is 0 Å². The lowest BCUT2D eigenvalue weighted by Gasteiger charge is -2.33. The third-order valence-electron chi connectivity index (χ3n) is 6.19. The highest BCUT2D eigenvalue weighted by Gasteiger charge is 2.37. The van der Waals surface area contributed by atoms with Crippen LogP contribution in [0.4, 0.5) is 5.69 Å². The van der Waals surface area contributed by atoms with E-state index in [0.29, 0.717) is 49.4 Å². The number of anilines is 1. The first-order valence-corrected chi connectivity index (χ1v) is 10.7. The molecule has 0 aliphatic carbocycles. The zero-order valence-electron chi connectivity index (χ0n) is 18.0. The number of primary amides is 1. The van der Waals surface area contributed by atoms with Gasteiger partial charge in [0.2, 0.25) is 11.8 Å². The third-order valence-corrected chi connectivity index (χ3v) is 6.19. The van der Waals surface area contributed by atoms with Crippen molar-refractivity contribution < 1.29 is 19.1 Å². The van der Waals surface area contributed by atoms with Crippen LogP contribution >= 0.6 is 0 Å². The number of nitrogens with zero attached hydrogens (tertiary/aromatic N) is 2. The maximum atomic E-state index is 12.9. The molecule has 3 amide bonds. The van der Waals surface area contributed by atoms with Gasteiger partial charge < -0.3 is 26.4 Å². The molecule has 4 rings (SSSR count). The monoisotopic (exact) mass is 447 g/mol. The van der Waals surface area contributed by atoms with Crippen molar-refractivity contribution >= 4 is 23.4 Å². The first-order valence-electron chi connectivity index (χ1n) is 10.7. The number of hydrogen-bond acceptors (Lipinski definition) is 6. The number of amides is 3. The van der Waals surface area contributed by atoms with Crippen LogP contribution in [-0.4, -0.2) is 42.5 Å². The van der Waals surface area contributed by atoms with Gasteiger partial charge in [0.1, 0.15) is 6.04 Å². The Balaban J connectivity index is 1.50. The molecular formula is C24H25N5O4. The van der Waals surface area contributed by atoms with E-state index in [0.717, 1.165) is 11.1 Å². The zero-order valence-corrected chi connectivity index (χ0v) is 18.0. The van der Waals surface area contributed by atoms with Crippen molar-refractivity contribution in [2.45, 2.75) is 37.4 Å². The van der Waals surface area contributed by atoms with E-state index in [1.54, 1.807) is 41.3 Å². The van der Waals surface area contributed by atoms with E-state index in [1.807, 2.05) is 6.07 Å². The molecule has 2 heterocycles. The van der Waals surface area contributed by atoms with Gasteiger partial charge in [-0.25, -0.2) is 0 Å². The molecule has 33 heavy (non-hydrogen) atoms. The van der Waals surface area contributed by atoms with Crippen molar-refractivity contribution in [1.82, 2.24) is 5.32 Å². The lowest BCUT2D eigenvalue weighted by Crippen LogP contribution is -2.60. The second kappa shape index (κ2) is 9.02. The van der Waals surface area contributed by atoms with Crippen LogP contribution < -0.4 is 21.7 Å². The van der Waals surface area contributed by atoms with Gasteiger partial charge in [-0.2, -0.15) is 5.26 Å². The quantitative estimate of drug-likeness (QED) is 0.594. The Labute approximate surface area is 191 Å². The van der Waals surface area contributed by atoms with Crippen LogP contribution in [0.15, 0.2) is 42.5 Å². The standard InChI is InChI=1S/C24H25N5O4/c25-13-16-2-1-3-18(11-16)29-14-17-10-15(4-5-19(17)22(29)31)12-20(21(26)30)28-23(32)24(27)6-8-33-9-7-24/h1-5,10-11,20H,6-9,12,14,27H2,(H2,26,30)(H,28,32)/t20-/m0/s1. The number of ether oxygens (including phenoxy) is 1. The summed E-state index contributed by atoms with van der Waals surface area (Å²) in [5.74, 6) is -1.24. The number of nitrogens with two attached hydrogens (primary N) is 2. The van der Waals surface area contributed by atoms with Crippen molar-refractivity contribution in [1.29, 1.82) is 5.26 Å². The fourth-order valence-electron chi connectivity index (χ4n) is 4.18. The Kier molecular flexibility index (Phi) is 6.14. The molecular weight excluding hydrogens is 422 g/mol. The lowest BCUT2D eigenvalue weighted by molar-refractivity contribution is -0.133. The fourth-order valence-corrected chi connectivity index (χ4v) is 4.18. The molecule has 9 heteroatoms. The predicted molar refractivity (Wildman–Crippen MR) is 120 cm³/mol. The van der Waals surface area contributed by atoms with E-state index in [1.165, 1.54) is 0 Å². The zero-order chi connectivity index (χ0) is 23.6. The third kappa shape index (κ3) is 4.58. The molecule has 1 saturated heterocycles. The van der Waals surface area contributed by atoms with E-state index in [9.17, 15) is 14.4 Å². The topological polar surface area (TPSA) is 152 Å². The Morgan fingerprint density at radius 2 is 1.97 bits per heavy atom. The number of fused-ring (bicyclic) bond motifs is 1. The van der Waals surface area contributed by atoms with Gasteiger partial charge in [-0.05, 0) is 48.2 Å². The van der Waals surface area contributed by atoms with Crippen molar-refractivity contribution in [3.63, 3.8) is 0 Å². The van der Waals surface area contributed by atoms with E-state index in [-0.39, 0.29) is 12.3 Å². The molecule has 0 unspecified atom stereocenters. The van der Waals surface area contributed by atoms with Crippen molar-refractivity contribution in [2.75, 3.05) is 18.1 Å². The van der Waals surface area contributed by atoms with Crippen molar-refractivity contribution in [2.24, 2.45) is 11.5 Å². The van der Waals surface area contributed by atoms with Crippen LogP contribution in [0.25, 0.3) is 0 Å². The Morgan fingerprint density at radius 1 is 1.21 bits per heavy atom. The molecule has 0 radical (unpaired) electrons. The van der Waals surface area contributed by atoms with Gasteiger partial charge in [0.15, 0.2) is 0 Å². The molecule has 5 N–H and O–H groups in total. The molecule has 2 aliphatic rings. The lowest BCUT2D eigenvalue weighted by atomic mass is 9.89. The predicted octanol–water partition coefficient (Wildman–Crippen LogP) is 0.739. The summed E-state index contributed by atoms with van der Waals surface area (Å²) >= 11 is 0. The fraction of sp³-hybridized carbons (Fsp3) is 0.333. The number of nitrogens with one attached hydrogen (secondary N) is 1. The molecule has 2 aromatic carbocycles. The van der Waals surface area contributed by atoms with E-state index < -0.39 is 23.4 Å². The smallest absolute Gasteiger partial charge is 0.258 e. The number of carbonyl (C=O) groups excluding carboxylic acids is 3. The van der Waals surface area contributed by atoms with Gasteiger partial charge >= 0.3 is 0 Å². The average Bonchev–Trinajstić information content (AvgIpc) is 3.14. The molecule has 2 aliphatic heterocycles. The summed E-state index contributed by atoms with van der Waals surface area (Å²) in [6.45, 7) is 1.12. The molecule has 0 aromatic heterocycles. The minimum Gasteiger partial charge on any atom is -0.381 e. The first kappa shape index (κ1) is 22.5. The first-order chi connectivity index (χ1) is 15.8. The molecule has 9 nitrogen and oxygen atoms in total. The number of benzene rings is 2. The Bertz CT molecular complexity index is 1150. The largest absolute Gasteiger partial charge is 0.381 e. The molecule has 170 valence electrons. The van der Waals surface area contributed by atoms with Crippen LogP contribution in [0.2, 0.25) is 0 Å². The van der Waals surface area contributed by atoms with E-state index in [2.05, 4.69) is 11.4 Å². The van der Waals surface area contributed by atoms with Gasteiger partial charge in [0.05, 0.1) is 23.7 Å². The van der Waals surface area contributed by atoms with Crippen molar-refractivity contribution in [3.05, 3.63) is 64.7 Å². The highest BCUT2D eigenvalue weighted by atomic mass is 16.5. The summed E-state index contributed by atoms with van der Waals surface area (Å²) in [5.41, 5.74) is 13.9. The second-order valence-corrected chi connectivity index (χ2v) is 8.45. The maximum absolute atomic E-state index is 12.9. The van der Waals surface area contributed by atoms with Gasteiger partial charge in [0.25, 0.3) is 5.91 Å². The highest BCUT2D eigenvalue weighted by Crippen LogP contribution is 2.30. The van der Waals surface area contributed by atoms with E-state index >= 15 is 0 Å². The molecule has 1 fully saturated rings. The van der Waals surface area contributed by atoms with E-state index in [4.69, 9.17) is 21.5 Å². The second-order valence-electron chi connectivity index (χ2n) is 8.45. The summed E-state index contributed by atoms with van der Waals surface area (Å²) in [6.07, 6.45) is 0.918. The normalized spacial score (nSPS) is 17.7. The Morgan fingerprint density at radius 3 is 2.67 bits per heavy atom. The molecule has 1 atom stereocenters. The number of carbonyl (C=O) groups is 3. The van der Waals surface area contributed by atoms with Gasteiger partial charge in [-0.3, -0.25) is 14.4 Å². The van der Waals surface area contributed by atoms with Crippen LogP contribution in [0.3, 0.4) is 0 Å². The highest BCUT2D eigenvalue weighted by molar-refractivity contribution is 6.10. The molecule has 0 spiro atoms. The summed E-state index contributed by atoms with van der Waals surface area (Å²) in [6, 6.07) is 13.3. The summed E-state index contributed by atoms with van der Waals surface area (Å²) in [4.78, 5) is 39.3. The number of nitriles is 1. The van der Waals surface area contributed by atoms with Crippen molar-refractivity contribution in [3.8, 4) is 6.07 Å². The minimum atomic E-state index is -1.09. The molecule has 0 bridgehead atoms. The van der Waals surface area contributed by atoms with Crippen LogP contribution in [0, 0.1) is 11.3 Å². The minimum absolute atomic E-state index is 0.156. The molecule has 2 aromatic rings. The summed E-state index contributed by atoms with van der Waals surface area (Å²) < 4.78 is 5.27. The SMILES string of the molecule is N#Cc1cccc(N2Cc3cc(C[C@H](NC(=O)C4(N)CCOCC4)C(N)=O)ccc3C2=O)c1. The van der Waals surface area contributed by atoms with Gasteiger partial charge in [0, 0.05) is 30.9 Å². The van der Waals surface area contributed by atoms with Crippen LogP contribution in [-0.2, 0) is 27.3 Å². The summed E-state index contributed by atoms with van der Waals surface area (Å²) in [5, 5.41) is 11.8.